The summed E-state index contributed by atoms with van der Waals surface area (Å²) >= 11 is 0. The molecule has 0 aromatic carbocycles. The second kappa shape index (κ2) is 6.33. The van der Waals surface area contributed by atoms with Crippen LogP contribution in [0.1, 0.15) is 12.7 Å². The molecular weight excluding hydrogens is 246 g/mol. The lowest BCUT2D eigenvalue weighted by Crippen LogP contribution is -2.49. The summed E-state index contributed by atoms with van der Waals surface area (Å²) in [5, 5.41) is 0. The highest BCUT2D eigenvalue weighted by Crippen LogP contribution is 2.13. The van der Waals surface area contributed by atoms with Gasteiger partial charge < -0.3 is 20.3 Å². The van der Waals surface area contributed by atoms with E-state index in [9.17, 15) is 4.79 Å². The number of aromatic nitrogens is 2. The number of nitrogens with zero attached hydrogens (tertiary/aromatic N) is 4. The highest BCUT2D eigenvalue weighted by molar-refractivity contribution is 5.68. The molecule has 19 heavy (non-hydrogen) atoms. The predicted molar refractivity (Wildman–Crippen MR) is 70.7 cm³/mol. The quantitative estimate of drug-likeness (QED) is 0.841. The van der Waals surface area contributed by atoms with Gasteiger partial charge in [0, 0.05) is 32.4 Å². The van der Waals surface area contributed by atoms with E-state index in [2.05, 4.69) is 14.9 Å². The minimum atomic E-state index is -0.243. The molecule has 0 atom stereocenters. The van der Waals surface area contributed by atoms with Gasteiger partial charge in [-0.3, -0.25) is 0 Å². The van der Waals surface area contributed by atoms with Crippen molar-refractivity contribution < 1.29 is 9.53 Å². The summed E-state index contributed by atoms with van der Waals surface area (Å²) < 4.78 is 4.99. The summed E-state index contributed by atoms with van der Waals surface area (Å²) in [6.07, 6.45) is 1.47. The van der Waals surface area contributed by atoms with Crippen LogP contribution >= 0.6 is 0 Å². The second-order valence-corrected chi connectivity index (χ2v) is 4.21. The molecule has 0 unspecified atom stereocenters. The Morgan fingerprint density at radius 2 is 2.16 bits per heavy atom. The largest absolute Gasteiger partial charge is 0.450 e. The fraction of sp³-hybridized carbons (Fsp3) is 0.583. The molecule has 1 aromatic rings. The van der Waals surface area contributed by atoms with E-state index in [4.69, 9.17) is 10.5 Å². The molecule has 2 N–H and O–H groups in total. The minimum Gasteiger partial charge on any atom is -0.450 e. The lowest BCUT2D eigenvalue weighted by atomic mass is 10.3. The van der Waals surface area contributed by atoms with Crippen molar-refractivity contribution in [2.24, 2.45) is 5.73 Å². The van der Waals surface area contributed by atoms with Crippen molar-refractivity contribution in [1.29, 1.82) is 0 Å². The number of anilines is 1. The fourth-order valence-electron chi connectivity index (χ4n) is 2.00. The molecular formula is C12H19N5O2. The molecule has 0 radical (unpaired) electrons. The van der Waals surface area contributed by atoms with E-state index in [1.54, 1.807) is 11.1 Å². The van der Waals surface area contributed by atoms with Gasteiger partial charge in [-0.2, -0.15) is 0 Å². The van der Waals surface area contributed by atoms with Crippen LogP contribution in [0.3, 0.4) is 0 Å². The van der Waals surface area contributed by atoms with E-state index in [0.29, 0.717) is 32.1 Å². The molecule has 7 heteroatoms. The summed E-state index contributed by atoms with van der Waals surface area (Å²) in [6, 6.07) is 1.86. The van der Waals surface area contributed by atoms with Crippen molar-refractivity contribution in [3.63, 3.8) is 0 Å². The lowest BCUT2D eigenvalue weighted by molar-refractivity contribution is 0.105. The van der Waals surface area contributed by atoms with Crippen molar-refractivity contribution in [3.8, 4) is 0 Å². The van der Waals surface area contributed by atoms with Gasteiger partial charge in [-0.15, -0.1) is 0 Å². The Morgan fingerprint density at radius 3 is 2.79 bits per heavy atom. The van der Waals surface area contributed by atoms with Gasteiger partial charge in [0.15, 0.2) is 0 Å². The monoisotopic (exact) mass is 265 g/mol. The SMILES string of the molecule is CCOC(=O)N1CCN(c2ccnc(CN)n2)CC1. The summed E-state index contributed by atoms with van der Waals surface area (Å²) in [7, 11) is 0. The Balaban J connectivity index is 1.94. The first-order chi connectivity index (χ1) is 9.24. The van der Waals surface area contributed by atoms with Crippen LogP contribution in [0.25, 0.3) is 0 Å². The van der Waals surface area contributed by atoms with Gasteiger partial charge in [0.05, 0.1) is 13.2 Å². The summed E-state index contributed by atoms with van der Waals surface area (Å²) in [4.78, 5) is 23.9. The Hall–Kier alpha value is -1.89. The molecule has 0 saturated carbocycles. The molecule has 0 spiro atoms. The van der Waals surface area contributed by atoms with Crippen molar-refractivity contribution in [2.45, 2.75) is 13.5 Å². The van der Waals surface area contributed by atoms with Gasteiger partial charge >= 0.3 is 6.09 Å². The fourth-order valence-corrected chi connectivity index (χ4v) is 2.00. The van der Waals surface area contributed by atoms with E-state index < -0.39 is 0 Å². The van der Waals surface area contributed by atoms with Gasteiger partial charge in [-0.1, -0.05) is 0 Å². The number of rotatable bonds is 3. The highest BCUT2D eigenvalue weighted by Gasteiger charge is 2.22. The van der Waals surface area contributed by atoms with E-state index in [-0.39, 0.29) is 6.09 Å². The molecule has 7 nitrogen and oxygen atoms in total. The topological polar surface area (TPSA) is 84.6 Å². The second-order valence-electron chi connectivity index (χ2n) is 4.21. The number of hydrogen-bond donors (Lipinski definition) is 1. The van der Waals surface area contributed by atoms with Gasteiger partial charge in [-0.05, 0) is 13.0 Å². The van der Waals surface area contributed by atoms with Crippen LogP contribution in [0.2, 0.25) is 0 Å². The molecule has 1 aliphatic heterocycles. The van der Waals surface area contributed by atoms with E-state index >= 15 is 0 Å². The van der Waals surface area contributed by atoms with Gasteiger partial charge in [-0.25, -0.2) is 14.8 Å². The van der Waals surface area contributed by atoms with Crippen molar-refractivity contribution in [3.05, 3.63) is 18.1 Å². The van der Waals surface area contributed by atoms with Crippen molar-refractivity contribution in [2.75, 3.05) is 37.7 Å². The first-order valence-corrected chi connectivity index (χ1v) is 6.43. The van der Waals surface area contributed by atoms with Crippen LogP contribution in [0, 0.1) is 0 Å². The normalized spacial score (nSPS) is 15.5. The zero-order valence-electron chi connectivity index (χ0n) is 11.1. The van der Waals surface area contributed by atoms with Gasteiger partial charge in [0.25, 0.3) is 0 Å². The van der Waals surface area contributed by atoms with Crippen molar-refractivity contribution >= 4 is 11.9 Å². The summed E-state index contributed by atoms with van der Waals surface area (Å²) in [5.41, 5.74) is 5.53. The van der Waals surface area contributed by atoms with Crippen LogP contribution in [0.4, 0.5) is 10.6 Å². The van der Waals surface area contributed by atoms with Crippen LogP contribution in [0.15, 0.2) is 12.3 Å². The third-order valence-corrected chi connectivity index (χ3v) is 3.00. The number of amides is 1. The maximum absolute atomic E-state index is 11.6. The average Bonchev–Trinajstić information content (AvgIpc) is 2.48. The van der Waals surface area contributed by atoms with Crippen LogP contribution in [0.5, 0.6) is 0 Å². The first kappa shape index (κ1) is 13.5. The Morgan fingerprint density at radius 1 is 1.42 bits per heavy atom. The Bertz CT molecular complexity index is 432. The maximum Gasteiger partial charge on any atom is 0.409 e. The molecule has 1 aromatic heterocycles. The molecule has 2 heterocycles. The molecule has 0 bridgehead atoms. The number of hydrogen-bond acceptors (Lipinski definition) is 6. The smallest absolute Gasteiger partial charge is 0.409 e. The summed E-state index contributed by atoms with van der Waals surface area (Å²) in [5.74, 6) is 1.49. The third kappa shape index (κ3) is 3.31. The Kier molecular flexibility index (Phi) is 4.51. The summed E-state index contributed by atoms with van der Waals surface area (Å²) in [6.45, 7) is 5.30. The molecule has 0 aliphatic carbocycles. The first-order valence-electron chi connectivity index (χ1n) is 6.43. The number of ether oxygens (including phenoxy) is 1. The number of carbonyl (C=O) groups is 1. The van der Waals surface area contributed by atoms with E-state index in [0.717, 1.165) is 18.9 Å². The maximum atomic E-state index is 11.6. The minimum absolute atomic E-state index is 0.243. The van der Waals surface area contributed by atoms with E-state index in [1.165, 1.54) is 0 Å². The average molecular weight is 265 g/mol. The number of carbonyl (C=O) groups excluding carboxylic acids is 1. The van der Waals surface area contributed by atoms with Gasteiger partial charge in [0.1, 0.15) is 11.6 Å². The van der Waals surface area contributed by atoms with Gasteiger partial charge in [0.2, 0.25) is 0 Å². The van der Waals surface area contributed by atoms with Crippen LogP contribution < -0.4 is 10.6 Å². The lowest BCUT2D eigenvalue weighted by Gasteiger charge is -2.34. The molecule has 2 rings (SSSR count). The Labute approximate surface area is 112 Å². The number of piperazine rings is 1. The van der Waals surface area contributed by atoms with Crippen LogP contribution in [-0.4, -0.2) is 53.7 Å². The molecule has 1 amide bonds. The van der Waals surface area contributed by atoms with Crippen molar-refractivity contribution in [1.82, 2.24) is 14.9 Å². The zero-order valence-corrected chi connectivity index (χ0v) is 11.1. The van der Waals surface area contributed by atoms with Crippen LogP contribution in [-0.2, 0) is 11.3 Å². The zero-order chi connectivity index (χ0) is 13.7. The third-order valence-electron chi connectivity index (χ3n) is 3.00. The molecule has 1 saturated heterocycles. The molecule has 1 aliphatic rings. The molecule has 1 fully saturated rings. The predicted octanol–water partition coefficient (Wildman–Crippen LogP) is 0.214. The molecule has 104 valence electrons. The number of nitrogens with two attached hydrogens (primary N) is 1. The highest BCUT2D eigenvalue weighted by atomic mass is 16.6. The van der Waals surface area contributed by atoms with E-state index in [1.807, 2.05) is 13.0 Å². The standard InChI is InChI=1S/C12H19N5O2/c1-2-19-12(18)17-7-5-16(6-8-17)11-3-4-14-10(9-13)15-11/h3-4H,2,5-9,13H2,1H3.